The van der Waals surface area contributed by atoms with Crippen LogP contribution in [0.2, 0.25) is 0 Å². The molecule has 0 spiro atoms. The molecule has 0 unspecified atom stereocenters. The van der Waals surface area contributed by atoms with Gasteiger partial charge in [0.25, 0.3) is 0 Å². The molecule has 0 heterocycles. The Morgan fingerprint density at radius 2 is 1.60 bits per heavy atom. The zero-order chi connectivity index (χ0) is 7.28. The first-order chi connectivity index (χ1) is 4.20. The molecule has 62 valence electrons. The number of hydrogen-bond acceptors (Lipinski definition) is 3. The van der Waals surface area contributed by atoms with Gasteiger partial charge in [-0.05, 0) is 14.1 Å². The van der Waals surface area contributed by atoms with Gasteiger partial charge in [0.15, 0.2) is 6.29 Å². The fraction of sp³-hybridized carbons (Fsp3) is 1.00. The molecule has 0 radical (unpaired) electrons. The molecule has 4 heteroatoms. The fourth-order valence-corrected chi connectivity index (χ4v) is 0.543. The summed E-state index contributed by atoms with van der Waals surface area (Å²) in [6.07, 6.45) is -0.0972. The Morgan fingerprint density at radius 3 is 1.70 bits per heavy atom. The van der Waals surface area contributed by atoms with Crippen molar-refractivity contribution >= 4 is 8.41 Å². The monoisotopic (exact) mass is 147 g/mol. The van der Waals surface area contributed by atoms with Crippen LogP contribution in [-0.4, -0.2) is 54.5 Å². The Morgan fingerprint density at radius 1 is 1.20 bits per heavy atom. The van der Waals surface area contributed by atoms with Crippen molar-refractivity contribution < 1.29 is 9.47 Å². The van der Waals surface area contributed by atoms with E-state index in [1.165, 1.54) is 0 Å². The molecule has 3 nitrogen and oxygen atoms in total. The van der Waals surface area contributed by atoms with Crippen molar-refractivity contribution in [2.45, 2.75) is 6.29 Å². The van der Waals surface area contributed by atoms with Crippen molar-refractivity contribution in [3.8, 4) is 0 Å². The maximum atomic E-state index is 4.95. The summed E-state index contributed by atoms with van der Waals surface area (Å²) in [5, 5.41) is 0. The number of rotatable bonds is 4. The molecule has 0 rings (SSSR count). The molecule has 0 aliphatic heterocycles. The van der Waals surface area contributed by atoms with Gasteiger partial charge in [-0.1, -0.05) is 0 Å². The molecule has 0 aromatic carbocycles. The summed E-state index contributed by atoms with van der Waals surface area (Å²) in [5.74, 6) is 0. The van der Waals surface area contributed by atoms with Gasteiger partial charge in [-0.2, -0.15) is 0 Å². The van der Waals surface area contributed by atoms with E-state index < -0.39 is 0 Å². The van der Waals surface area contributed by atoms with Gasteiger partial charge in [-0.25, -0.2) is 0 Å². The number of likely N-dealkylation sites (N-methyl/N-ethyl adjacent to an activating group) is 1. The maximum absolute atomic E-state index is 4.95. The normalized spacial score (nSPS) is 10.2. The van der Waals surface area contributed by atoms with Gasteiger partial charge in [0, 0.05) is 20.8 Å². The average Bonchev–Trinajstić information content (AvgIpc) is 1.82. The zero-order valence-electron chi connectivity index (χ0n) is 6.55. The van der Waals surface area contributed by atoms with E-state index in [0.29, 0.717) is 0 Å². The van der Waals surface area contributed by atoms with E-state index in [0.717, 1.165) is 6.54 Å². The molecule has 0 amide bonds. The van der Waals surface area contributed by atoms with Crippen LogP contribution >= 0.6 is 0 Å². The van der Waals surface area contributed by atoms with Crippen LogP contribution in [0.1, 0.15) is 0 Å². The highest BCUT2D eigenvalue weighted by molar-refractivity contribution is 5.75. The second-order valence-corrected chi connectivity index (χ2v) is 2.16. The SMILES string of the molecule is B.COC(CN(C)C)OC. The number of ether oxygens (including phenoxy) is 2. The molecule has 0 saturated heterocycles. The highest BCUT2D eigenvalue weighted by atomic mass is 16.7. The summed E-state index contributed by atoms with van der Waals surface area (Å²) in [7, 11) is 7.23. The van der Waals surface area contributed by atoms with Gasteiger partial charge in [0.2, 0.25) is 0 Å². The Bertz CT molecular complexity index is 66.8. The predicted molar refractivity (Wildman–Crippen MR) is 46.3 cm³/mol. The van der Waals surface area contributed by atoms with Crippen LogP contribution in [0.4, 0.5) is 0 Å². The smallest absolute Gasteiger partial charge is 0.169 e. The number of nitrogens with zero attached hydrogens (tertiary/aromatic N) is 1. The van der Waals surface area contributed by atoms with Crippen LogP contribution < -0.4 is 0 Å². The lowest BCUT2D eigenvalue weighted by molar-refractivity contribution is -0.111. The second-order valence-electron chi connectivity index (χ2n) is 2.16. The highest BCUT2D eigenvalue weighted by Crippen LogP contribution is 1.90. The van der Waals surface area contributed by atoms with E-state index in [2.05, 4.69) is 0 Å². The van der Waals surface area contributed by atoms with E-state index >= 15 is 0 Å². The first-order valence-corrected chi connectivity index (χ1v) is 2.91. The van der Waals surface area contributed by atoms with Crippen LogP contribution in [0.3, 0.4) is 0 Å². The van der Waals surface area contributed by atoms with Crippen molar-refractivity contribution in [1.29, 1.82) is 0 Å². The molecule has 0 aromatic rings. The van der Waals surface area contributed by atoms with Crippen molar-refractivity contribution in [1.82, 2.24) is 4.90 Å². The van der Waals surface area contributed by atoms with Crippen LogP contribution in [0.25, 0.3) is 0 Å². The second kappa shape index (κ2) is 7.06. The summed E-state index contributed by atoms with van der Waals surface area (Å²) < 4.78 is 9.89. The van der Waals surface area contributed by atoms with Crippen LogP contribution in [0.5, 0.6) is 0 Å². The minimum atomic E-state index is -0.0972. The third kappa shape index (κ3) is 6.07. The van der Waals surface area contributed by atoms with Gasteiger partial charge in [0.1, 0.15) is 0 Å². The molecular formula is C6H18BNO2. The van der Waals surface area contributed by atoms with Crippen molar-refractivity contribution in [2.24, 2.45) is 0 Å². The molecule has 0 aliphatic carbocycles. The lowest BCUT2D eigenvalue weighted by Crippen LogP contribution is -2.28. The summed E-state index contributed by atoms with van der Waals surface area (Å²) in [6.45, 7) is 0.799. The molecule has 10 heavy (non-hydrogen) atoms. The van der Waals surface area contributed by atoms with Crippen molar-refractivity contribution in [3.63, 3.8) is 0 Å². The van der Waals surface area contributed by atoms with Gasteiger partial charge < -0.3 is 14.4 Å². The topological polar surface area (TPSA) is 21.7 Å². The molecule has 0 saturated carbocycles. The van der Waals surface area contributed by atoms with Gasteiger partial charge in [0.05, 0.1) is 8.41 Å². The number of hydrogen-bond donors (Lipinski definition) is 0. The third-order valence-corrected chi connectivity index (χ3v) is 1.04. The van der Waals surface area contributed by atoms with E-state index in [9.17, 15) is 0 Å². The standard InChI is InChI=1S/C6H15NO2.BH3/c1-7(2)5-6(8-3)9-4;/h6H,5H2,1-4H3;1H3. The predicted octanol–water partition coefficient (Wildman–Crippen LogP) is -1.02. The van der Waals surface area contributed by atoms with Crippen molar-refractivity contribution in [2.75, 3.05) is 34.9 Å². The lowest BCUT2D eigenvalue weighted by Gasteiger charge is -2.17. The minimum absolute atomic E-state index is 0. The Hall–Kier alpha value is -0.0551. The fourth-order valence-electron chi connectivity index (χ4n) is 0.543. The van der Waals surface area contributed by atoms with Gasteiger partial charge in [-0.15, -0.1) is 0 Å². The average molecular weight is 147 g/mol. The van der Waals surface area contributed by atoms with Gasteiger partial charge >= 0.3 is 0 Å². The molecule has 0 bridgehead atoms. The largest absolute Gasteiger partial charge is 0.355 e. The van der Waals surface area contributed by atoms with E-state index in [4.69, 9.17) is 9.47 Å². The minimum Gasteiger partial charge on any atom is -0.355 e. The van der Waals surface area contributed by atoms with Crippen LogP contribution in [-0.2, 0) is 9.47 Å². The molecule has 0 aromatic heterocycles. The van der Waals surface area contributed by atoms with E-state index in [1.54, 1.807) is 14.2 Å². The van der Waals surface area contributed by atoms with E-state index in [1.807, 2.05) is 19.0 Å². The van der Waals surface area contributed by atoms with E-state index in [-0.39, 0.29) is 14.7 Å². The van der Waals surface area contributed by atoms with Gasteiger partial charge in [-0.3, -0.25) is 0 Å². The summed E-state index contributed by atoms with van der Waals surface area (Å²) in [6, 6.07) is 0. The highest BCUT2D eigenvalue weighted by Gasteiger charge is 2.04. The molecule has 0 N–H and O–H groups in total. The number of methoxy groups -OCH3 is 2. The van der Waals surface area contributed by atoms with Crippen LogP contribution in [0, 0.1) is 0 Å². The molecular weight excluding hydrogens is 129 g/mol. The Kier molecular flexibility index (Phi) is 8.90. The Balaban J connectivity index is 0. The summed E-state index contributed by atoms with van der Waals surface area (Å²) in [4.78, 5) is 2.01. The molecule has 0 atom stereocenters. The third-order valence-electron chi connectivity index (χ3n) is 1.04. The first-order valence-electron chi connectivity index (χ1n) is 2.91. The zero-order valence-corrected chi connectivity index (χ0v) is 6.55. The van der Waals surface area contributed by atoms with Crippen molar-refractivity contribution in [3.05, 3.63) is 0 Å². The quantitative estimate of drug-likeness (QED) is 0.375. The van der Waals surface area contributed by atoms with Crippen LogP contribution in [0.15, 0.2) is 0 Å². The first kappa shape index (κ1) is 12.6. The molecule has 0 aliphatic rings. The Labute approximate surface area is 64.9 Å². The molecule has 0 fully saturated rings. The maximum Gasteiger partial charge on any atom is 0.169 e. The summed E-state index contributed by atoms with van der Waals surface area (Å²) in [5.41, 5.74) is 0. The lowest BCUT2D eigenvalue weighted by atomic mass is 10.6. The summed E-state index contributed by atoms with van der Waals surface area (Å²) >= 11 is 0.